The normalized spacial score (nSPS) is 12.0. The summed E-state index contributed by atoms with van der Waals surface area (Å²) in [5.41, 5.74) is 13.4. The zero-order valence-corrected chi connectivity index (χ0v) is 29.8. The highest BCUT2D eigenvalue weighted by atomic mass is 16.3. The van der Waals surface area contributed by atoms with Crippen LogP contribution in [-0.2, 0) is 0 Å². The number of para-hydroxylation sites is 5. The van der Waals surface area contributed by atoms with Crippen molar-refractivity contribution in [3.8, 4) is 33.6 Å². The quantitative estimate of drug-likeness (QED) is 0.179. The molecule has 0 N–H and O–H groups in total. The summed E-state index contributed by atoms with van der Waals surface area (Å²) in [7, 11) is 0. The van der Waals surface area contributed by atoms with Crippen molar-refractivity contribution in [1.29, 1.82) is 0 Å². The fourth-order valence-electron chi connectivity index (χ4n) is 9.09. The van der Waals surface area contributed by atoms with Gasteiger partial charge in [0.25, 0.3) is 0 Å². The molecule has 256 valence electrons. The first-order chi connectivity index (χ1) is 27.3. The number of nitrogens with zero attached hydrogens (tertiary/aromatic N) is 2. The van der Waals surface area contributed by atoms with Gasteiger partial charge in [-0.25, -0.2) is 0 Å². The van der Waals surface area contributed by atoms with E-state index < -0.39 is 0 Å². The van der Waals surface area contributed by atoms with Gasteiger partial charge in [-0.2, -0.15) is 0 Å². The van der Waals surface area contributed by atoms with E-state index in [2.05, 4.69) is 197 Å². The van der Waals surface area contributed by atoms with E-state index in [0.29, 0.717) is 0 Å². The van der Waals surface area contributed by atoms with Gasteiger partial charge in [-0.15, -0.1) is 0 Å². The molecule has 12 aromatic rings. The lowest BCUT2D eigenvalue weighted by Crippen LogP contribution is -2.01. The van der Waals surface area contributed by atoms with Gasteiger partial charge in [0.2, 0.25) is 0 Å². The van der Waals surface area contributed by atoms with Crippen LogP contribution in [0.25, 0.3) is 110 Å². The number of furan rings is 1. The Labute approximate surface area is 316 Å². The Morgan fingerprint density at radius 3 is 1.64 bits per heavy atom. The topological polar surface area (TPSA) is 23.0 Å². The molecular weight excluding hydrogens is 669 g/mol. The van der Waals surface area contributed by atoms with Crippen molar-refractivity contribution < 1.29 is 4.42 Å². The average Bonchev–Trinajstić information content (AvgIpc) is 3.91. The van der Waals surface area contributed by atoms with Gasteiger partial charge in [0.15, 0.2) is 0 Å². The number of fused-ring (bicyclic) bond motifs is 10. The first kappa shape index (κ1) is 30.1. The molecule has 0 atom stereocenters. The Hall–Kier alpha value is -7.36. The van der Waals surface area contributed by atoms with Crippen LogP contribution in [0.4, 0.5) is 0 Å². The van der Waals surface area contributed by atoms with E-state index in [4.69, 9.17) is 4.42 Å². The third-order valence-corrected chi connectivity index (χ3v) is 11.5. The minimum Gasteiger partial charge on any atom is -0.456 e. The lowest BCUT2D eigenvalue weighted by atomic mass is 9.97. The molecule has 9 aromatic carbocycles. The van der Waals surface area contributed by atoms with E-state index in [9.17, 15) is 0 Å². The minimum atomic E-state index is 0.894. The summed E-state index contributed by atoms with van der Waals surface area (Å²) in [6.45, 7) is 0. The predicted molar refractivity (Wildman–Crippen MR) is 231 cm³/mol. The molecule has 0 fully saturated rings. The molecule has 0 radical (unpaired) electrons. The second-order valence-electron chi connectivity index (χ2n) is 14.5. The second-order valence-corrected chi connectivity index (χ2v) is 14.5. The maximum absolute atomic E-state index is 6.41. The van der Waals surface area contributed by atoms with Crippen molar-refractivity contribution >= 4 is 76.3 Å². The van der Waals surface area contributed by atoms with E-state index in [1.165, 1.54) is 60.0 Å². The van der Waals surface area contributed by atoms with Crippen LogP contribution in [0, 0.1) is 0 Å². The zero-order chi connectivity index (χ0) is 36.0. The van der Waals surface area contributed by atoms with Gasteiger partial charge >= 0.3 is 0 Å². The predicted octanol–water partition coefficient (Wildman–Crippen LogP) is 14.3. The Bertz CT molecular complexity index is 3450. The second kappa shape index (κ2) is 11.6. The Morgan fingerprint density at radius 1 is 0.327 bits per heavy atom. The SMILES string of the molecule is c1ccc2cc(-c3cc(-n4c5ccccc5c5ccccc54)cc(-n4c5ccccc5c5cccc(-c6cccc7oc8ccccc8c67)c54)c3)ccc2c1. The molecule has 3 heteroatoms. The van der Waals surface area contributed by atoms with Crippen molar-refractivity contribution in [3.05, 3.63) is 194 Å². The molecule has 3 aromatic heterocycles. The van der Waals surface area contributed by atoms with Crippen molar-refractivity contribution in [3.63, 3.8) is 0 Å². The van der Waals surface area contributed by atoms with Crippen LogP contribution in [0.3, 0.4) is 0 Å². The molecule has 0 aliphatic rings. The summed E-state index contributed by atoms with van der Waals surface area (Å²) in [5.74, 6) is 0. The standard InChI is InChI=1S/C52H32N2O/c1-2-14-34-29-35(28-27-33(34)13-1)36-30-37(53-46-22-7-3-15-39(46)40-16-4-8-23-47(40)53)32-38(31-36)54-48-24-9-5-17-41(48)43-20-11-21-44(52(43)54)42-19-12-26-50-51(42)45-18-6-10-25-49(45)55-50/h1-32H. The summed E-state index contributed by atoms with van der Waals surface area (Å²) in [6.07, 6.45) is 0. The highest BCUT2D eigenvalue weighted by molar-refractivity contribution is 6.19. The first-order valence-electron chi connectivity index (χ1n) is 18.8. The summed E-state index contributed by atoms with van der Waals surface area (Å²) in [5, 5.41) is 9.65. The van der Waals surface area contributed by atoms with E-state index in [1.807, 2.05) is 6.07 Å². The highest BCUT2D eigenvalue weighted by Crippen LogP contribution is 2.44. The Morgan fingerprint density at radius 2 is 0.873 bits per heavy atom. The molecule has 0 aliphatic heterocycles. The summed E-state index contributed by atoms with van der Waals surface area (Å²) in [4.78, 5) is 0. The largest absolute Gasteiger partial charge is 0.456 e. The van der Waals surface area contributed by atoms with Crippen molar-refractivity contribution in [2.75, 3.05) is 0 Å². The zero-order valence-electron chi connectivity index (χ0n) is 29.8. The molecule has 12 rings (SSSR count). The fourth-order valence-corrected chi connectivity index (χ4v) is 9.09. The molecule has 0 spiro atoms. The maximum Gasteiger partial charge on any atom is 0.136 e. The molecule has 0 amide bonds. The van der Waals surface area contributed by atoms with Gasteiger partial charge in [0.05, 0.1) is 22.1 Å². The van der Waals surface area contributed by atoms with Crippen LogP contribution in [-0.4, -0.2) is 9.13 Å². The molecular formula is C52H32N2O. The first-order valence-corrected chi connectivity index (χ1v) is 18.8. The van der Waals surface area contributed by atoms with Crippen molar-refractivity contribution in [2.24, 2.45) is 0 Å². The Balaban J connectivity index is 1.22. The average molecular weight is 701 g/mol. The van der Waals surface area contributed by atoms with E-state index >= 15 is 0 Å². The van der Waals surface area contributed by atoms with E-state index in [-0.39, 0.29) is 0 Å². The number of aromatic nitrogens is 2. The third-order valence-electron chi connectivity index (χ3n) is 11.5. The molecule has 55 heavy (non-hydrogen) atoms. The Kier molecular flexibility index (Phi) is 6.34. The van der Waals surface area contributed by atoms with Gasteiger partial charge in [-0.3, -0.25) is 0 Å². The number of benzene rings is 9. The van der Waals surface area contributed by atoms with Crippen LogP contribution in [0.5, 0.6) is 0 Å². The van der Waals surface area contributed by atoms with Gasteiger partial charge in [-0.1, -0.05) is 140 Å². The molecule has 0 saturated heterocycles. The molecule has 0 bridgehead atoms. The van der Waals surface area contributed by atoms with Crippen LogP contribution < -0.4 is 0 Å². The van der Waals surface area contributed by atoms with Gasteiger partial charge in [-0.05, 0) is 82.1 Å². The summed E-state index contributed by atoms with van der Waals surface area (Å²) >= 11 is 0. The maximum atomic E-state index is 6.41. The molecule has 0 unspecified atom stereocenters. The van der Waals surface area contributed by atoms with Crippen LogP contribution >= 0.6 is 0 Å². The van der Waals surface area contributed by atoms with Crippen LogP contribution in [0.15, 0.2) is 199 Å². The molecule has 0 saturated carbocycles. The van der Waals surface area contributed by atoms with Gasteiger partial charge < -0.3 is 13.6 Å². The monoisotopic (exact) mass is 700 g/mol. The van der Waals surface area contributed by atoms with Crippen molar-refractivity contribution in [1.82, 2.24) is 9.13 Å². The van der Waals surface area contributed by atoms with Crippen LogP contribution in [0.2, 0.25) is 0 Å². The summed E-state index contributed by atoms with van der Waals surface area (Å²) in [6, 6.07) is 70.5. The lowest BCUT2D eigenvalue weighted by molar-refractivity contribution is 0.669. The number of hydrogen-bond acceptors (Lipinski definition) is 1. The third kappa shape index (κ3) is 4.44. The molecule has 0 aliphatic carbocycles. The number of rotatable bonds is 4. The van der Waals surface area contributed by atoms with Gasteiger partial charge in [0.1, 0.15) is 11.2 Å². The number of hydrogen-bond donors (Lipinski definition) is 0. The fraction of sp³-hybridized carbons (Fsp3) is 0. The smallest absolute Gasteiger partial charge is 0.136 e. The molecule has 3 heterocycles. The van der Waals surface area contributed by atoms with E-state index in [0.717, 1.165) is 50.0 Å². The lowest BCUT2D eigenvalue weighted by Gasteiger charge is -2.17. The molecule has 3 nitrogen and oxygen atoms in total. The highest BCUT2D eigenvalue weighted by Gasteiger charge is 2.21. The van der Waals surface area contributed by atoms with Crippen LogP contribution in [0.1, 0.15) is 0 Å². The van der Waals surface area contributed by atoms with Crippen molar-refractivity contribution in [2.45, 2.75) is 0 Å². The minimum absolute atomic E-state index is 0.894. The van der Waals surface area contributed by atoms with E-state index in [1.54, 1.807) is 0 Å². The summed E-state index contributed by atoms with van der Waals surface area (Å²) < 4.78 is 11.3. The van der Waals surface area contributed by atoms with Gasteiger partial charge in [0, 0.05) is 49.3 Å².